The predicted octanol–water partition coefficient (Wildman–Crippen LogP) is 3.70. The highest BCUT2D eigenvalue weighted by molar-refractivity contribution is 5.81. The van der Waals surface area contributed by atoms with E-state index in [4.69, 9.17) is 0 Å². The third-order valence-electron chi connectivity index (χ3n) is 2.66. The van der Waals surface area contributed by atoms with Crippen LogP contribution in [0.2, 0.25) is 0 Å². The minimum Gasteiger partial charge on any atom is -0.341 e. The molecule has 0 N–H and O–H groups in total. The summed E-state index contributed by atoms with van der Waals surface area (Å²) in [7, 11) is 0. The van der Waals surface area contributed by atoms with E-state index in [0.29, 0.717) is 6.04 Å². The average Bonchev–Trinajstić information content (AvgIpc) is 2.59. The Bertz CT molecular complexity index is 465. The summed E-state index contributed by atoms with van der Waals surface area (Å²) < 4.78 is 2.24. The molecule has 0 aliphatic carbocycles. The van der Waals surface area contributed by atoms with Gasteiger partial charge in [0, 0.05) is 17.8 Å². The molecule has 2 aromatic rings. The molecule has 72 valence electrons. The summed E-state index contributed by atoms with van der Waals surface area (Å²) in [6, 6.07) is 9.04. The van der Waals surface area contributed by atoms with Gasteiger partial charge in [0.25, 0.3) is 0 Å². The maximum atomic E-state index is 3.82. The molecule has 2 rings (SSSR count). The van der Waals surface area contributed by atoms with Crippen LogP contribution in [0.3, 0.4) is 0 Å². The Morgan fingerprint density at radius 2 is 2.14 bits per heavy atom. The van der Waals surface area contributed by atoms with E-state index in [1.165, 1.54) is 16.5 Å². The van der Waals surface area contributed by atoms with Crippen molar-refractivity contribution in [1.29, 1.82) is 0 Å². The maximum absolute atomic E-state index is 3.82. The van der Waals surface area contributed by atoms with Crippen LogP contribution in [-0.4, -0.2) is 4.57 Å². The summed E-state index contributed by atoms with van der Waals surface area (Å²) in [5.41, 5.74) is 2.59. The smallest absolute Gasteiger partial charge is 0.0485 e. The molecular formula is C13H15N. The second kappa shape index (κ2) is 3.33. The Hall–Kier alpha value is -1.50. The summed E-state index contributed by atoms with van der Waals surface area (Å²) in [6.07, 6.45) is 4.08. The topological polar surface area (TPSA) is 4.93 Å². The van der Waals surface area contributed by atoms with Crippen molar-refractivity contribution in [2.24, 2.45) is 0 Å². The van der Waals surface area contributed by atoms with Crippen LogP contribution in [-0.2, 0) is 0 Å². The van der Waals surface area contributed by atoms with Crippen LogP contribution in [0.5, 0.6) is 0 Å². The molecule has 1 heterocycles. The van der Waals surface area contributed by atoms with Crippen molar-refractivity contribution in [3.63, 3.8) is 0 Å². The van der Waals surface area contributed by atoms with Gasteiger partial charge in [-0.2, -0.15) is 0 Å². The van der Waals surface area contributed by atoms with E-state index in [1.54, 1.807) is 0 Å². The molecule has 1 aromatic carbocycles. The van der Waals surface area contributed by atoms with Crippen molar-refractivity contribution in [2.45, 2.75) is 19.9 Å². The first-order valence-electron chi connectivity index (χ1n) is 4.92. The minimum atomic E-state index is 0.357. The number of allylic oxidation sites excluding steroid dienone is 1. The zero-order valence-electron chi connectivity index (χ0n) is 8.70. The highest BCUT2D eigenvalue weighted by Crippen LogP contribution is 2.21. The average molecular weight is 185 g/mol. The van der Waals surface area contributed by atoms with Gasteiger partial charge in [-0.3, -0.25) is 0 Å². The van der Waals surface area contributed by atoms with Crippen molar-refractivity contribution >= 4 is 10.9 Å². The van der Waals surface area contributed by atoms with Crippen LogP contribution in [0.25, 0.3) is 10.9 Å². The summed E-state index contributed by atoms with van der Waals surface area (Å²) in [4.78, 5) is 0. The highest BCUT2D eigenvalue weighted by Gasteiger charge is 2.04. The quantitative estimate of drug-likeness (QED) is 0.629. The normalized spacial score (nSPS) is 13.0. The van der Waals surface area contributed by atoms with E-state index in [2.05, 4.69) is 55.5 Å². The maximum Gasteiger partial charge on any atom is 0.0485 e. The predicted molar refractivity (Wildman–Crippen MR) is 61.6 cm³/mol. The van der Waals surface area contributed by atoms with Crippen LogP contribution in [0.1, 0.15) is 18.5 Å². The number of fused-ring (bicyclic) bond motifs is 1. The van der Waals surface area contributed by atoms with Crippen molar-refractivity contribution in [1.82, 2.24) is 4.57 Å². The summed E-state index contributed by atoms with van der Waals surface area (Å²) in [5, 5.41) is 1.30. The second-order valence-electron chi connectivity index (χ2n) is 3.76. The molecule has 14 heavy (non-hydrogen) atoms. The van der Waals surface area contributed by atoms with E-state index >= 15 is 0 Å². The number of hydrogen-bond acceptors (Lipinski definition) is 0. The highest BCUT2D eigenvalue weighted by atomic mass is 15.0. The summed E-state index contributed by atoms with van der Waals surface area (Å²) in [5.74, 6) is 0. The lowest BCUT2D eigenvalue weighted by Gasteiger charge is -2.10. The van der Waals surface area contributed by atoms with Gasteiger partial charge < -0.3 is 4.57 Å². The van der Waals surface area contributed by atoms with Crippen molar-refractivity contribution in [3.05, 3.63) is 48.7 Å². The lowest BCUT2D eigenvalue weighted by atomic mass is 10.2. The monoisotopic (exact) mass is 185 g/mol. The van der Waals surface area contributed by atoms with Crippen molar-refractivity contribution < 1.29 is 0 Å². The van der Waals surface area contributed by atoms with E-state index in [-0.39, 0.29) is 0 Å². The number of hydrogen-bond donors (Lipinski definition) is 0. The van der Waals surface area contributed by atoms with Gasteiger partial charge in [-0.1, -0.05) is 17.7 Å². The Balaban J connectivity index is 2.63. The molecule has 0 radical (unpaired) electrons. The zero-order valence-corrected chi connectivity index (χ0v) is 8.70. The molecule has 0 amide bonds. The fourth-order valence-electron chi connectivity index (χ4n) is 1.75. The largest absolute Gasteiger partial charge is 0.341 e. The summed E-state index contributed by atoms with van der Waals surface area (Å²) >= 11 is 0. The lowest BCUT2D eigenvalue weighted by molar-refractivity contribution is 0.689. The molecule has 1 unspecified atom stereocenters. The first kappa shape index (κ1) is 9.07. The fourth-order valence-corrected chi connectivity index (χ4v) is 1.75. The molecule has 0 aliphatic heterocycles. The van der Waals surface area contributed by atoms with Crippen LogP contribution in [0.4, 0.5) is 0 Å². The van der Waals surface area contributed by atoms with Gasteiger partial charge in [-0.05, 0) is 37.4 Å². The van der Waals surface area contributed by atoms with Crippen LogP contribution in [0, 0.1) is 6.92 Å². The van der Waals surface area contributed by atoms with Gasteiger partial charge in [0.2, 0.25) is 0 Å². The van der Waals surface area contributed by atoms with Crippen molar-refractivity contribution in [3.8, 4) is 0 Å². The van der Waals surface area contributed by atoms with Gasteiger partial charge in [-0.25, -0.2) is 0 Å². The molecule has 0 fully saturated rings. The third kappa shape index (κ3) is 1.35. The van der Waals surface area contributed by atoms with E-state index in [9.17, 15) is 0 Å². The Labute approximate surface area is 84.7 Å². The van der Waals surface area contributed by atoms with Gasteiger partial charge >= 0.3 is 0 Å². The summed E-state index contributed by atoms with van der Waals surface area (Å²) in [6.45, 7) is 8.08. The minimum absolute atomic E-state index is 0.357. The van der Waals surface area contributed by atoms with E-state index in [0.717, 1.165) is 0 Å². The SMILES string of the molecule is C=CC(C)n1ccc2cc(C)ccc21. The van der Waals surface area contributed by atoms with Crippen LogP contribution in [0.15, 0.2) is 43.1 Å². The Kier molecular flexibility index (Phi) is 2.16. The third-order valence-corrected chi connectivity index (χ3v) is 2.66. The molecule has 0 saturated heterocycles. The van der Waals surface area contributed by atoms with Gasteiger partial charge in [-0.15, -0.1) is 6.58 Å². The van der Waals surface area contributed by atoms with Crippen LogP contribution >= 0.6 is 0 Å². The van der Waals surface area contributed by atoms with Gasteiger partial charge in [0.05, 0.1) is 0 Å². The molecule has 0 spiro atoms. The number of rotatable bonds is 2. The van der Waals surface area contributed by atoms with E-state index < -0.39 is 0 Å². The number of benzene rings is 1. The molecule has 0 bridgehead atoms. The van der Waals surface area contributed by atoms with E-state index in [1.807, 2.05) is 6.08 Å². The second-order valence-corrected chi connectivity index (χ2v) is 3.76. The standard InChI is InChI=1S/C13H15N/c1-4-11(3)14-8-7-12-9-10(2)5-6-13(12)14/h4-9,11H,1H2,2-3H3. The zero-order chi connectivity index (χ0) is 10.1. The number of aryl methyl sites for hydroxylation is 1. The van der Waals surface area contributed by atoms with Crippen LogP contribution < -0.4 is 0 Å². The van der Waals surface area contributed by atoms with Gasteiger partial charge in [0.1, 0.15) is 0 Å². The van der Waals surface area contributed by atoms with Crippen molar-refractivity contribution in [2.75, 3.05) is 0 Å². The number of aromatic nitrogens is 1. The Morgan fingerprint density at radius 1 is 1.36 bits per heavy atom. The number of nitrogens with zero attached hydrogens (tertiary/aromatic N) is 1. The molecule has 0 saturated carbocycles. The molecule has 1 aromatic heterocycles. The lowest BCUT2D eigenvalue weighted by Crippen LogP contribution is -1.99. The fraction of sp³-hybridized carbons (Fsp3) is 0.231. The first-order valence-corrected chi connectivity index (χ1v) is 4.92. The Morgan fingerprint density at radius 3 is 2.86 bits per heavy atom. The molecule has 1 nitrogen and oxygen atoms in total. The first-order chi connectivity index (χ1) is 6.72. The molecule has 1 heteroatoms. The molecular weight excluding hydrogens is 170 g/mol. The molecule has 0 aliphatic rings. The molecule has 1 atom stereocenters. The van der Waals surface area contributed by atoms with Gasteiger partial charge in [0.15, 0.2) is 0 Å².